The average Bonchev–Trinajstić information content (AvgIpc) is 4.00. The highest BCUT2D eigenvalue weighted by Gasteiger charge is 2.52. The van der Waals surface area contributed by atoms with Gasteiger partial charge >= 0.3 is 0 Å². The highest BCUT2D eigenvalue weighted by Crippen LogP contribution is 2.40. The summed E-state index contributed by atoms with van der Waals surface area (Å²) in [6.45, 7) is 14.9. The molecule has 5 aromatic rings. The summed E-state index contributed by atoms with van der Waals surface area (Å²) in [5.41, 5.74) is 7.48. The number of aliphatic hydroxyl groups excluding tert-OH is 1. The first kappa shape index (κ1) is 42.8. The predicted molar refractivity (Wildman–Crippen MR) is 245 cm³/mol. The Hall–Kier alpha value is -5.44. The van der Waals surface area contributed by atoms with Gasteiger partial charge in [0.15, 0.2) is 5.60 Å². The number of hydrogen-bond acceptors (Lipinski definition) is 12. The Morgan fingerprint density at radius 3 is 2.46 bits per heavy atom. The van der Waals surface area contributed by atoms with Crippen LogP contribution in [-0.4, -0.2) is 115 Å². The summed E-state index contributed by atoms with van der Waals surface area (Å²) in [6.07, 6.45) is 2.02. The second-order valence-electron chi connectivity index (χ2n) is 18.7. The summed E-state index contributed by atoms with van der Waals surface area (Å²) in [7, 11) is 0. The minimum absolute atomic E-state index is 0.0891. The van der Waals surface area contributed by atoms with E-state index in [0.717, 1.165) is 84.0 Å². The first-order chi connectivity index (χ1) is 30.3. The lowest BCUT2D eigenvalue weighted by atomic mass is 9.77. The number of β-amino-alcohol motifs (C(OH)–C–C–N with tert-alkyl or cyclic N) is 1. The van der Waals surface area contributed by atoms with Gasteiger partial charge in [0, 0.05) is 62.6 Å². The first-order valence-corrected chi connectivity index (χ1v) is 23.3. The van der Waals surface area contributed by atoms with Gasteiger partial charge in [0.05, 0.1) is 51.8 Å². The molecule has 0 aliphatic carbocycles. The number of oxime groups is 1. The van der Waals surface area contributed by atoms with E-state index in [1.165, 1.54) is 5.56 Å². The molecule has 4 aliphatic heterocycles. The SMILES string of the molecule is Cc1ncsc1-c1ccc([C@H](C)NC(=O)[C@@H]2C[C@@H](O)CN2C(=O)[C@H](C(C)C)C2(C)CC(N3CCC(CN4CC(c5ccc6nnc(-c7ccccc7O)cc6c5)C4)CC3)=NO2)cc1. The molecule has 13 nitrogen and oxygen atoms in total. The zero-order valence-corrected chi connectivity index (χ0v) is 37.6. The molecule has 2 aromatic heterocycles. The summed E-state index contributed by atoms with van der Waals surface area (Å²) in [5.74, 6) is 1.03. The van der Waals surface area contributed by atoms with Gasteiger partial charge in [-0.25, -0.2) is 4.98 Å². The first-order valence-electron chi connectivity index (χ1n) is 22.4. The number of carbonyl (C=O) groups excluding carboxylic acids is 2. The van der Waals surface area contributed by atoms with E-state index >= 15 is 0 Å². The molecule has 2 amide bonds. The number of aliphatic hydroxyl groups is 1. The third-order valence-electron chi connectivity index (χ3n) is 13.8. The molecule has 0 saturated carbocycles. The number of amides is 2. The van der Waals surface area contributed by atoms with Crippen molar-refractivity contribution in [3.05, 3.63) is 95.1 Å². The van der Waals surface area contributed by atoms with Crippen LogP contribution in [0.15, 0.2) is 83.5 Å². The largest absolute Gasteiger partial charge is 0.507 e. The molecule has 1 unspecified atom stereocenters. The lowest BCUT2D eigenvalue weighted by Gasteiger charge is -2.43. The van der Waals surface area contributed by atoms with Crippen molar-refractivity contribution < 1.29 is 24.6 Å². The topological polar surface area (TPSA) is 157 Å². The predicted octanol–water partition coefficient (Wildman–Crippen LogP) is 7.15. The average molecular weight is 871 g/mol. The van der Waals surface area contributed by atoms with Crippen LogP contribution >= 0.6 is 11.3 Å². The van der Waals surface area contributed by atoms with Gasteiger partial charge in [-0.05, 0) is 92.5 Å². The number of aryl methyl sites for hydroxylation is 1. The highest BCUT2D eigenvalue weighted by molar-refractivity contribution is 7.13. The number of benzene rings is 3. The molecular weight excluding hydrogens is 813 g/mol. The molecular formula is C49H58N8O5S. The number of thiazole rings is 1. The number of amidine groups is 1. The van der Waals surface area contributed by atoms with Gasteiger partial charge in [-0.1, -0.05) is 61.5 Å². The quantitative estimate of drug-likeness (QED) is 0.125. The standard InChI is InChI=1S/C49H58N8O5S/c1-29(2)45(48(61)57-27-38(58)22-42(57)47(60)51-30(3)33-10-12-34(13-11-33)46-31(4)50-28-63-46)49(5)23-44(54-62-49)56-18-16-32(17-19-56)24-55-25-37(26-55)35-14-15-40-36(20-35)21-41(53-52-40)39-8-6-7-9-43(39)59/h6-15,20-21,28-30,32,37-38,42,45,58-59H,16-19,22-27H2,1-5H3,(H,51,60)/t30-,38+,42-,45-,49?/m0/s1. The Morgan fingerprint density at radius 2 is 1.75 bits per heavy atom. The number of aromatic hydroxyl groups is 1. The van der Waals surface area contributed by atoms with Gasteiger partial charge in [0.1, 0.15) is 17.6 Å². The van der Waals surface area contributed by atoms with Crippen LogP contribution in [0.5, 0.6) is 5.75 Å². The van der Waals surface area contributed by atoms with Crippen molar-refractivity contribution in [2.75, 3.05) is 39.3 Å². The molecule has 63 heavy (non-hydrogen) atoms. The van der Waals surface area contributed by atoms with Crippen molar-refractivity contribution in [1.29, 1.82) is 0 Å². The second kappa shape index (κ2) is 17.6. The number of carbonyl (C=O) groups is 2. The Morgan fingerprint density at radius 1 is 0.984 bits per heavy atom. The van der Waals surface area contributed by atoms with E-state index in [0.29, 0.717) is 29.5 Å². The van der Waals surface area contributed by atoms with Crippen LogP contribution in [0.2, 0.25) is 0 Å². The van der Waals surface area contributed by atoms with Gasteiger partial charge in [-0.3, -0.25) is 9.59 Å². The van der Waals surface area contributed by atoms with Crippen molar-refractivity contribution in [1.82, 2.24) is 35.2 Å². The molecule has 0 radical (unpaired) electrons. The zero-order valence-electron chi connectivity index (χ0n) is 36.8. The van der Waals surface area contributed by atoms with Crippen LogP contribution in [0, 0.1) is 24.7 Å². The van der Waals surface area contributed by atoms with Gasteiger partial charge in [0.2, 0.25) is 11.8 Å². The van der Waals surface area contributed by atoms with Crippen LogP contribution in [0.1, 0.15) is 82.2 Å². The summed E-state index contributed by atoms with van der Waals surface area (Å²) in [4.78, 5) is 46.6. The fraction of sp³-hybridized carbons (Fsp3) is 0.469. The molecule has 0 bridgehead atoms. The van der Waals surface area contributed by atoms with Crippen molar-refractivity contribution in [2.45, 2.75) is 90.0 Å². The van der Waals surface area contributed by atoms with Crippen molar-refractivity contribution >= 4 is 39.9 Å². The molecule has 3 saturated heterocycles. The monoisotopic (exact) mass is 870 g/mol. The molecule has 3 fully saturated rings. The number of para-hydroxylation sites is 1. The van der Waals surface area contributed by atoms with E-state index in [1.807, 2.05) is 88.7 Å². The van der Waals surface area contributed by atoms with E-state index in [4.69, 9.17) is 4.84 Å². The number of aromatic nitrogens is 3. The van der Waals surface area contributed by atoms with Crippen LogP contribution < -0.4 is 5.32 Å². The van der Waals surface area contributed by atoms with Gasteiger partial charge in [-0.15, -0.1) is 21.5 Å². The Kier molecular flexibility index (Phi) is 12.0. The molecule has 3 aromatic carbocycles. The molecule has 0 spiro atoms. The summed E-state index contributed by atoms with van der Waals surface area (Å²) < 4.78 is 0. The third-order valence-corrected chi connectivity index (χ3v) is 14.8. The maximum Gasteiger partial charge on any atom is 0.243 e. The van der Waals surface area contributed by atoms with Gasteiger partial charge < -0.3 is 35.1 Å². The Labute approximate surface area is 373 Å². The van der Waals surface area contributed by atoms with E-state index < -0.39 is 23.7 Å². The third kappa shape index (κ3) is 8.77. The van der Waals surface area contributed by atoms with E-state index in [9.17, 15) is 19.8 Å². The van der Waals surface area contributed by atoms with E-state index in [2.05, 4.69) is 47.6 Å². The molecule has 4 aliphatic rings. The maximum atomic E-state index is 14.6. The zero-order chi connectivity index (χ0) is 44.0. The Bertz CT molecular complexity index is 2500. The van der Waals surface area contributed by atoms with Crippen LogP contribution in [0.3, 0.4) is 0 Å². The number of phenols is 1. The fourth-order valence-corrected chi connectivity index (χ4v) is 11.1. The number of rotatable bonds is 11. The minimum Gasteiger partial charge on any atom is -0.507 e. The number of likely N-dealkylation sites (tertiary alicyclic amines) is 3. The van der Waals surface area contributed by atoms with Crippen LogP contribution in [0.25, 0.3) is 32.6 Å². The van der Waals surface area contributed by atoms with Crippen molar-refractivity contribution in [3.63, 3.8) is 0 Å². The molecule has 330 valence electrons. The molecule has 14 heteroatoms. The molecule has 9 rings (SSSR count). The molecule has 5 atom stereocenters. The number of hydrogen-bond donors (Lipinski definition) is 3. The minimum atomic E-state index is -0.885. The van der Waals surface area contributed by atoms with Crippen molar-refractivity contribution in [3.8, 4) is 27.4 Å². The normalized spacial score (nSPS) is 23.1. The maximum absolute atomic E-state index is 14.6. The smallest absolute Gasteiger partial charge is 0.243 e. The van der Waals surface area contributed by atoms with Crippen LogP contribution in [0.4, 0.5) is 0 Å². The van der Waals surface area contributed by atoms with E-state index in [1.54, 1.807) is 28.4 Å². The number of nitrogens with zero attached hydrogens (tertiary/aromatic N) is 7. The Balaban J connectivity index is 0.764. The molecule has 6 heterocycles. The van der Waals surface area contributed by atoms with Gasteiger partial charge in [-0.2, -0.15) is 0 Å². The lowest BCUT2D eigenvalue weighted by Crippen LogP contribution is -2.54. The number of nitrogens with one attached hydrogen (secondary N) is 1. The van der Waals surface area contributed by atoms with Crippen LogP contribution in [-0.2, 0) is 14.4 Å². The lowest BCUT2D eigenvalue weighted by molar-refractivity contribution is -0.154. The van der Waals surface area contributed by atoms with E-state index in [-0.39, 0.29) is 42.5 Å². The fourth-order valence-electron chi connectivity index (χ4n) is 10.3. The molecule has 3 N–H and O–H groups in total. The number of fused-ring (bicyclic) bond motifs is 1. The summed E-state index contributed by atoms with van der Waals surface area (Å²) in [5, 5.41) is 38.7. The summed E-state index contributed by atoms with van der Waals surface area (Å²) >= 11 is 1.60. The number of phenolic OH excluding ortho intramolecular Hbond substituents is 1. The van der Waals surface area contributed by atoms with Crippen molar-refractivity contribution in [2.24, 2.45) is 22.9 Å². The van der Waals surface area contributed by atoms with Gasteiger partial charge in [0.25, 0.3) is 0 Å². The summed E-state index contributed by atoms with van der Waals surface area (Å²) in [6, 6.07) is 22.7. The second-order valence-corrected chi connectivity index (χ2v) is 19.6. The highest BCUT2D eigenvalue weighted by atomic mass is 32.1. The number of piperidine rings is 1.